The zero-order chi connectivity index (χ0) is 17.9. The largest absolute Gasteiger partial charge is 0.507 e. The number of rotatable bonds is 4. The van der Waals surface area contributed by atoms with Crippen LogP contribution in [0.25, 0.3) is 0 Å². The molecule has 24 heavy (non-hydrogen) atoms. The quantitative estimate of drug-likeness (QED) is 0.824. The van der Waals surface area contributed by atoms with Gasteiger partial charge in [0.15, 0.2) is 6.10 Å². The molecule has 0 saturated carbocycles. The van der Waals surface area contributed by atoms with Crippen LogP contribution in [-0.2, 0) is 9.53 Å². The smallest absolute Gasteiger partial charge is 0.342 e. The van der Waals surface area contributed by atoms with Gasteiger partial charge in [0.2, 0.25) is 0 Å². The number of ether oxygens (including phenoxy) is 1. The van der Waals surface area contributed by atoms with Crippen molar-refractivity contribution in [1.82, 2.24) is 0 Å². The van der Waals surface area contributed by atoms with Crippen molar-refractivity contribution in [2.75, 3.05) is 5.32 Å². The minimum Gasteiger partial charge on any atom is -0.507 e. The third-order valence-electron chi connectivity index (χ3n) is 3.22. The number of anilines is 1. The monoisotopic (exact) mass is 351 g/mol. The number of halogens is 2. The maximum atomic E-state index is 13.0. The van der Waals surface area contributed by atoms with Crippen LogP contribution in [0.1, 0.15) is 22.8 Å². The Morgan fingerprint density at radius 2 is 1.96 bits per heavy atom. The average Bonchev–Trinajstić information content (AvgIpc) is 2.49. The number of phenols is 1. The molecule has 0 bridgehead atoms. The molecule has 7 heteroatoms. The number of aromatic hydroxyl groups is 1. The Balaban J connectivity index is 2.04. The number of amides is 1. The molecule has 0 aliphatic rings. The molecule has 0 aliphatic heterocycles. The first-order valence-electron chi connectivity index (χ1n) is 7.04. The first kappa shape index (κ1) is 17.7. The van der Waals surface area contributed by atoms with Crippen molar-refractivity contribution in [1.29, 1.82) is 0 Å². The molecule has 0 aliphatic carbocycles. The van der Waals surface area contributed by atoms with Gasteiger partial charge < -0.3 is 15.2 Å². The third kappa shape index (κ3) is 4.23. The van der Waals surface area contributed by atoms with E-state index >= 15 is 0 Å². The number of hydrogen-bond donors (Lipinski definition) is 2. The maximum absolute atomic E-state index is 13.0. The SMILES string of the molecule is Cc1ccc(C(=O)O[C@@H](C)C(=O)Nc2ccc(F)cc2Cl)c(O)c1. The second kappa shape index (κ2) is 7.31. The van der Waals surface area contributed by atoms with Crippen molar-refractivity contribution in [3.63, 3.8) is 0 Å². The highest BCUT2D eigenvalue weighted by molar-refractivity contribution is 6.33. The fourth-order valence-corrected chi connectivity index (χ4v) is 2.13. The zero-order valence-electron chi connectivity index (χ0n) is 13.0. The van der Waals surface area contributed by atoms with Gasteiger partial charge in [-0.1, -0.05) is 17.7 Å². The fraction of sp³-hybridized carbons (Fsp3) is 0.176. The van der Waals surface area contributed by atoms with Gasteiger partial charge in [-0.15, -0.1) is 0 Å². The number of phenolic OH excluding ortho intramolecular Hbond substituents is 1. The fourth-order valence-electron chi connectivity index (χ4n) is 1.92. The van der Waals surface area contributed by atoms with Crippen LogP contribution in [0.5, 0.6) is 5.75 Å². The van der Waals surface area contributed by atoms with Crippen molar-refractivity contribution in [2.45, 2.75) is 20.0 Å². The summed E-state index contributed by atoms with van der Waals surface area (Å²) in [7, 11) is 0. The predicted octanol–water partition coefficient (Wildman–Crippen LogP) is 3.68. The van der Waals surface area contributed by atoms with E-state index in [0.717, 1.165) is 17.7 Å². The Kier molecular flexibility index (Phi) is 5.41. The topological polar surface area (TPSA) is 75.6 Å². The first-order valence-corrected chi connectivity index (χ1v) is 7.42. The van der Waals surface area contributed by atoms with E-state index in [4.69, 9.17) is 16.3 Å². The number of benzene rings is 2. The van der Waals surface area contributed by atoms with Gasteiger partial charge in [0.1, 0.15) is 17.1 Å². The molecule has 1 amide bonds. The van der Waals surface area contributed by atoms with Crippen molar-refractivity contribution in [3.8, 4) is 5.75 Å². The number of esters is 1. The van der Waals surface area contributed by atoms with Crippen molar-refractivity contribution >= 4 is 29.2 Å². The molecule has 2 N–H and O–H groups in total. The molecule has 0 heterocycles. The van der Waals surface area contributed by atoms with E-state index in [9.17, 15) is 19.1 Å². The van der Waals surface area contributed by atoms with Crippen LogP contribution in [0.15, 0.2) is 36.4 Å². The summed E-state index contributed by atoms with van der Waals surface area (Å²) in [6, 6.07) is 7.96. The minimum absolute atomic E-state index is 0.0260. The van der Waals surface area contributed by atoms with Crippen molar-refractivity contribution in [3.05, 3.63) is 58.4 Å². The van der Waals surface area contributed by atoms with Crippen LogP contribution in [-0.4, -0.2) is 23.1 Å². The number of nitrogens with one attached hydrogen (secondary N) is 1. The van der Waals surface area contributed by atoms with Crippen LogP contribution in [0, 0.1) is 12.7 Å². The summed E-state index contributed by atoms with van der Waals surface area (Å²) in [5, 5.41) is 12.2. The standard InChI is InChI=1S/C17H15ClFNO4/c1-9-3-5-12(15(21)7-9)17(23)24-10(2)16(22)20-14-6-4-11(19)8-13(14)18/h3-8,10,21H,1-2H3,(H,20,22)/t10-/m0/s1. The van der Waals surface area contributed by atoms with E-state index in [2.05, 4.69) is 5.32 Å². The van der Waals surface area contributed by atoms with Crippen LogP contribution in [0.3, 0.4) is 0 Å². The molecule has 1 atom stereocenters. The van der Waals surface area contributed by atoms with E-state index in [-0.39, 0.29) is 22.0 Å². The second-order valence-corrected chi connectivity index (χ2v) is 5.59. The first-order chi connectivity index (χ1) is 11.3. The number of hydrogen-bond acceptors (Lipinski definition) is 4. The normalized spacial score (nSPS) is 11.7. The molecule has 0 spiro atoms. The lowest BCUT2D eigenvalue weighted by Gasteiger charge is -2.15. The maximum Gasteiger partial charge on any atom is 0.342 e. The van der Waals surface area contributed by atoms with Crippen LogP contribution in [0.4, 0.5) is 10.1 Å². The zero-order valence-corrected chi connectivity index (χ0v) is 13.7. The van der Waals surface area contributed by atoms with E-state index in [1.165, 1.54) is 25.1 Å². The molecule has 0 aromatic heterocycles. The molecule has 2 rings (SSSR count). The highest BCUT2D eigenvalue weighted by Crippen LogP contribution is 2.23. The summed E-state index contributed by atoms with van der Waals surface area (Å²) in [5.41, 5.74) is 0.935. The Morgan fingerprint density at radius 3 is 2.58 bits per heavy atom. The number of carbonyl (C=O) groups is 2. The average molecular weight is 352 g/mol. The molecule has 0 fully saturated rings. The Hall–Kier alpha value is -2.60. The van der Waals surface area contributed by atoms with Gasteiger partial charge in [-0.25, -0.2) is 9.18 Å². The van der Waals surface area contributed by atoms with Crippen LogP contribution in [0.2, 0.25) is 5.02 Å². The Bertz CT molecular complexity index is 794. The predicted molar refractivity (Wildman–Crippen MR) is 87.8 cm³/mol. The summed E-state index contributed by atoms with van der Waals surface area (Å²) in [4.78, 5) is 24.1. The minimum atomic E-state index is -1.14. The molecule has 0 unspecified atom stereocenters. The molecule has 2 aromatic carbocycles. The van der Waals surface area contributed by atoms with Gasteiger partial charge >= 0.3 is 5.97 Å². The van der Waals surface area contributed by atoms with Crippen LogP contribution < -0.4 is 5.32 Å². The lowest BCUT2D eigenvalue weighted by molar-refractivity contribution is -0.123. The molecule has 0 saturated heterocycles. The molecule has 126 valence electrons. The van der Waals surface area contributed by atoms with Gasteiger partial charge in [-0.2, -0.15) is 0 Å². The van der Waals surface area contributed by atoms with Gasteiger partial charge in [0, 0.05) is 0 Å². The highest BCUT2D eigenvalue weighted by Gasteiger charge is 2.21. The van der Waals surface area contributed by atoms with Crippen molar-refractivity contribution in [2.24, 2.45) is 0 Å². The van der Waals surface area contributed by atoms with E-state index in [0.29, 0.717) is 0 Å². The lowest BCUT2D eigenvalue weighted by atomic mass is 10.1. The summed E-state index contributed by atoms with van der Waals surface area (Å²) in [6.07, 6.45) is -1.14. The summed E-state index contributed by atoms with van der Waals surface area (Å²) < 4.78 is 18.0. The highest BCUT2D eigenvalue weighted by atomic mass is 35.5. The Labute approximate surface area is 143 Å². The van der Waals surface area contributed by atoms with Gasteiger partial charge in [-0.3, -0.25) is 4.79 Å². The second-order valence-electron chi connectivity index (χ2n) is 5.18. The van der Waals surface area contributed by atoms with Gasteiger partial charge in [-0.05, 0) is 49.7 Å². The van der Waals surface area contributed by atoms with E-state index in [1.807, 2.05) is 0 Å². The van der Waals surface area contributed by atoms with E-state index in [1.54, 1.807) is 13.0 Å². The number of carbonyl (C=O) groups excluding carboxylic acids is 2. The Morgan fingerprint density at radius 1 is 1.25 bits per heavy atom. The molecule has 5 nitrogen and oxygen atoms in total. The molecule has 2 aromatic rings. The van der Waals surface area contributed by atoms with Crippen LogP contribution >= 0.6 is 11.6 Å². The summed E-state index contributed by atoms with van der Waals surface area (Å²) in [6.45, 7) is 3.13. The lowest BCUT2D eigenvalue weighted by Crippen LogP contribution is -2.30. The summed E-state index contributed by atoms with van der Waals surface area (Å²) in [5.74, 6) is -2.23. The molecular formula is C17H15ClFNO4. The van der Waals surface area contributed by atoms with E-state index < -0.39 is 23.8 Å². The number of aryl methyl sites for hydroxylation is 1. The third-order valence-corrected chi connectivity index (χ3v) is 3.53. The molecule has 0 radical (unpaired) electrons. The van der Waals surface area contributed by atoms with Crippen molar-refractivity contribution < 1.29 is 23.8 Å². The summed E-state index contributed by atoms with van der Waals surface area (Å²) >= 11 is 5.82. The van der Waals surface area contributed by atoms with Gasteiger partial charge in [0.25, 0.3) is 5.91 Å². The molecular weight excluding hydrogens is 337 g/mol. The van der Waals surface area contributed by atoms with Gasteiger partial charge in [0.05, 0.1) is 10.7 Å².